The molecule has 0 saturated carbocycles. The molecule has 0 bridgehead atoms. The Hall–Kier alpha value is -0.640. The second kappa shape index (κ2) is 7.83. The van der Waals surface area contributed by atoms with Gasteiger partial charge in [0.05, 0.1) is 6.04 Å². The van der Waals surface area contributed by atoms with E-state index in [2.05, 4.69) is 25.7 Å². The molecule has 0 spiro atoms. The summed E-state index contributed by atoms with van der Waals surface area (Å²) in [6.45, 7) is 8.52. The van der Waals surface area contributed by atoms with E-state index in [0.717, 1.165) is 19.5 Å². The minimum absolute atomic E-state index is 0.160. The van der Waals surface area contributed by atoms with Crippen molar-refractivity contribution < 1.29 is 4.39 Å². The lowest BCUT2D eigenvalue weighted by molar-refractivity contribution is 0.179. The highest BCUT2D eigenvalue weighted by Crippen LogP contribution is 2.30. The van der Waals surface area contributed by atoms with Crippen molar-refractivity contribution in [1.82, 2.24) is 4.90 Å². The van der Waals surface area contributed by atoms with Crippen molar-refractivity contribution in [2.24, 2.45) is 11.7 Å². The molecule has 4 heteroatoms. The van der Waals surface area contributed by atoms with Crippen LogP contribution in [0.1, 0.15) is 38.8 Å². The summed E-state index contributed by atoms with van der Waals surface area (Å²) >= 11 is 6.15. The Morgan fingerprint density at radius 1 is 1.37 bits per heavy atom. The normalized spacial score (nSPS) is 14.7. The van der Waals surface area contributed by atoms with Crippen LogP contribution >= 0.6 is 11.6 Å². The maximum Gasteiger partial charge on any atom is 0.129 e. The Labute approximate surface area is 120 Å². The number of rotatable bonds is 7. The van der Waals surface area contributed by atoms with Gasteiger partial charge in [0.2, 0.25) is 0 Å². The number of nitrogens with zero attached hydrogens (tertiary/aromatic N) is 1. The predicted octanol–water partition coefficient (Wildman–Crippen LogP) is 3.85. The molecule has 108 valence electrons. The van der Waals surface area contributed by atoms with Gasteiger partial charge in [-0.05, 0) is 24.6 Å². The van der Waals surface area contributed by atoms with Crippen LogP contribution in [0.3, 0.4) is 0 Å². The summed E-state index contributed by atoms with van der Waals surface area (Å²) in [6, 6.07) is 4.63. The van der Waals surface area contributed by atoms with Crippen molar-refractivity contribution in [3.63, 3.8) is 0 Å². The van der Waals surface area contributed by atoms with Gasteiger partial charge < -0.3 is 5.73 Å². The van der Waals surface area contributed by atoms with E-state index in [0.29, 0.717) is 23.0 Å². The highest BCUT2D eigenvalue weighted by Gasteiger charge is 2.24. The summed E-state index contributed by atoms with van der Waals surface area (Å²) in [5.41, 5.74) is 6.39. The van der Waals surface area contributed by atoms with Crippen molar-refractivity contribution >= 4 is 11.6 Å². The van der Waals surface area contributed by atoms with Crippen LogP contribution in [-0.4, -0.2) is 24.5 Å². The largest absolute Gasteiger partial charge is 0.329 e. The average Bonchev–Trinajstić information content (AvgIpc) is 2.40. The number of hydrogen-bond donors (Lipinski definition) is 1. The zero-order chi connectivity index (χ0) is 14.4. The minimum atomic E-state index is -0.273. The third kappa shape index (κ3) is 4.16. The van der Waals surface area contributed by atoms with Crippen LogP contribution in [0.5, 0.6) is 0 Å². The van der Waals surface area contributed by atoms with Crippen molar-refractivity contribution in [2.45, 2.75) is 33.2 Å². The first-order chi connectivity index (χ1) is 9.04. The van der Waals surface area contributed by atoms with E-state index in [1.807, 2.05) is 0 Å². The third-order valence-corrected chi connectivity index (χ3v) is 3.98. The molecule has 0 amide bonds. The molecule has 2 atom stereocenters. The first-order valence-electron chi connectivity index (χ1n) is 6.93. The molecule has 0 fully saturated rings. The highest BCUT2D eigenvalue weighted by atomic mass is 35.5. The molecular formula is C15H24ClFN2. The van der Waals surface area contributed by atoms with E-state index in [9.17, 15) is 4.39 Å². The van der Waals surface area contributed by atoms with E-state index in [4.69, 9.17) is 17.3 Å². The number of likely N-dealkylation sites (N-methyl/N-ethyl adjacent to an activating group) is 1. The van der Waals surface area contributed by atoms with Gasteiger partial charge in [-0.2, -0.15) is 0 Å². The molecule has 0 heterocycles. The Balaban J connectivity index is 3.03. The summed E-state index contributed by atoms with van der Waals surface area (Å²) in [4.78, 5) is 2.21. The molecule has 0 aliphatic rings. The van der Waals surface area contributed by atoms with Gasteiger partial charge in [-0.1, -0.05) is 44.9 Å². The molecule has 0 aromatic heterocycles. The van der Waals surface area contributed by atoms with Crippen molar-refractivity contribution in [3.05, 3.63) is 34.6 Å². The van der Waals surface area contributed by atoms with Crippen LogP contribution in [-0.2, 0) is 0 Å². The van der Waals surface area contributed by atoms with E-state index >= 15 is 0 Å². The number of halogens is 2. The molecule has 2 nitrogen and oxygen atoms in total. The highest BCUT2D eigenvalue weighted by molar-refractivity contribution is 6.31. The van der Waals surface area contributed by atoms with Crippen LogP contribution in [0, 0.1) is 11.7 Å². The Morgan fingerprint density at radius 2 is 2.05 bits per heavy atom. The van der Waals surface area contributed by atoms with Crippen molar-refractivity contribution in [3.8, 4) is 0 Å². The van der Waals surface area contributed by atoms with Gasteiger partial charge in [0.25, 0.3) is 0 Å². The van der Waals surface area contributed by atoms with E-state index < -0.39 is 0 Å². The van der Waals surface area contributed by atoms with Gasteiger partial charge in [-0.15, -0.1) is 0 Å². The summed E-state index contributed by atoms with van der Waals surface area (Å²) in [5, 5.41) is 0.457. The summed E-state index contributed by atoms with van der Waals surface area (Å²) < 4.78 is 14.0. The molecule has 0 radical (unpaired) electrons. The summed E-state index contributed by atoms with van der Waals surface area (Å²) in [5.74, 6) is 0.283. The molecule has 1 aromatic rings. The topological polar surface area (TPSA) is 29.3 Å². The van der Waals surface area contributed by atoms with Crippen molar-refractivity contribution in [2.75, 3.05) is 19.6 Å². The Kier molecular flexibility index (Phi) is 6.76. The van der Waals surface area contributed by atoms with Gasteiger partial charge >= 0.3 is 0 Å². The number of nitrogens with two attached hydrogens (primary N) is 1. The summed E-state index contributed by atoms with van der Waals surface area (Å²) in [7, 11) is 0. The van der Waals surface area contributed by atoms with Gasteiger partial charge in [0.15, 0.2) is 0 Å². The first-order valence-corrected chi connectivity index (χ1v) is 7.30. The molecule has 2 unspecified atom stereocenters. The van der Waals surface area contributed by atoms with Gasteiger partial charge in [-0.25, -0.2) is 4.39 Å². The van der Waals surface area contributed by atoms with E-state index in [1.165, 1.54) is 6.07 Å². The number of hydrogen-bond acceptors (Lipinski definition) is 2. The minimum Gasteiger partial charge on any atom is -0.329 e. The lowest BCUT2D eigenvalue weighted by atomic mass is 10.0. The van der Waals surface area contributed by atoms with Crippen LogP contribution in [0.4, 0.5) is 4.39 Å². The molecule has 2 N–H and O–H groups in total. The van der Waals surface area contributed by atoms with E-state index in [-0.39, 0.29) is 11.9 Å². The molecule has 1 aromatic carbocycles. The molecule has 0 saturated heterocycles. The first kappa shape index (κ1) is 16.4. The maximum absolute atomic E-state index is 14.0. The van der Waals surface area contributed by atoms with Crippen LogP contribution in [0.15, 0.2) is 18.2 Å². The quantitative estimate of drug-likeness (QED) is 0.825. The fourth-order valence-electron chi connectivity index (χ4n) is 2.28. The Morgan fingerprint density at radius 3 is 2.53 bits per heavy atom. The second-order valence-corrected chi connectivity index (χ2v) is 5.40. The van der Waals surface area contributed by atoms with Gasteiger partial charge in [-0.3, -0.25) is 4.90 Å². The maximum atomic E-state index is 14.0. The van der Waals surface area contributed by atoms with Crippen LogP contribution < -0.4 is 5.73 Å². The molecule has 0 aliphatic carbocycles. The van der Waals surface area contributed by atoms with Crippen molar-refractivity contribution in [1.29, 1.82) is 0 Å². The monoisotopic (exact) mass is 286 g/mol. The SMILES string of the molecule is CCC(C)CN(CC)C(CN)c1c(F)cccc1Cl. The second-order valence-electron chi connectivity index (χ2n) is 4.99. The third-order valence-electron chi connectivity index (χ3n) is 3.65. The molecule has 1 rings (SSSR count). The lowest BCUT2D eigenvalue weighted by Crippen LogP contribution is -2.37. The van der Waals surface area contributed by atoms with E-state index in [1.54, 1.807) is 12.1 Å². The standard InChI is InChI=1S/C15H24ClFN2/c1-4-11(3)10-19(5-2)14(9-18)15-12(16)7-6-8-13(15)17/h6-8,11,14H,4-5,9-10,18H2,1-3H3. The number of benzene rings is 1. The van der Waals surface area contributed by atoms with Crippen LogP contribution in [0.2, 0.25) is 5.02 Å². The zero-order valence-electron chi connectivity index (χ0n) is 12.0. The van der Waals surface area contributed by atoms with Gasteiger partial charge in [0.1, 0.15) is 5.82 Å². The van der Waals surface area contributed by atoms with Crippen LogP contribution in [0.25, 0.3) is 0 Å². The zero-order valence-corrected chi connectivity index (χ0v) is 12.8. The summed E-state index contributed by atoms with van der Waals surface area (Å²) in [6.07, 6.45) is 1.10. The molecule has 0 aliphatic heterocycles. The Bertz CT molecular complexity index is 377. The molecular weight excluding hydrogens is 263 g/mol. The fourth-order valence-corrected chi connectivity index (χ4v) is 2.57. The smallest absolute Gasteiger partial charge is 0.129 e. The predicted molar refractivity (Wildman–Crippen MR) is 79.9 cm³/mol. The average molecular weight is 287 g/mol. The lowest BCUT2D eigenvalue weighted by Gasteiger charge is -2.32. The molecule has 19 heavy (non-hydrogen) atoms. The fraction of sp³-hybridized carbons (Fsp3) is 0.600. The van der Waals surface area contributed by atoms with Gasteiger partial charge in [0, 0.05) is 23.7 Å².